The lowest BCUT2D eigenvalue weighted by Gasteiger charge is -2.26. The smallest absolute Gasteiger partial charge is 0.180 e. The van der Waals surface area contributed by atoms with Crippen molar-refractivity contribution >= 4 is 16.5 Å². The number of hydrogen-bond donors (Lipinski definition) is 2. The Labute approximate surface area is 101 Å². The maximum absolute atomic E-state index is 10.7. The van der Waals surface area contributed by atoms with Crippen molar-refractivity contribution in [3.63, 3.8) is 0 Å². The summed E-state index contributed by atoms with van der Waals surface area (Å²) >= 11 is 1.42. The molecule has 2 rings (SSSR count). The minimum atomic E-state index is -0.691. The van der Waals surface area contributed by atoms with Crippen molar-refractivity contribution in [2.45, 2.75) is 51.6 Å². The van der Waals surface area contributed by atoms with E-state index < -0.39 is 5.60 Å². The Kier molecular flexibility index (Phi) is 2.97. The Balaban J connectivity index is 2.19. The van der Waals surface area contributed by atoms with Crippen molar-refractivity contribution in [1.29, 1.82) is 0 Å². The molecule has 1 unspecified atom stereocenters. The lowest BCUT2D eigenvalue weighted by atomic mass is 9.84. The van der Waals surface area contributed by atoms with Gasteiger partial charge in [-0.05, 0) is 37.5 Å². The van der Waals surface area contributed by atoms with Crippen LogP contribution in [0.3, 0.4) is 0 Å². The number of nitrogens with zero attached hydrogens (tertiary/aromatic N) is 1. The van der Waals surface area contributed by atoms with Crippen LogP contribution in [0.4, 0.5) is 5.13 Å². The number of thiazole rings is 1. The molecule has 1 aromatic rings. The highest BCUT2D eigenvalue weighted by Crippen LogP contribution is 2.44. The summed E-state index contributed by atoms with van der Waals surface area (Å²) in [5.41, 5.74) is 5.29. The monoisotopic (exact) mass is 240 g/mol. The lowest BCUT2D eigenvalue weighted by molar-refractivity contribution is 0.0214. The van der Waals surface area contributed by atoms with Crippen LogP contribution in [0.15, 0.2) is 6.20 Å². The summed E-state index contributed by atoms with van der Waals surface area (Å²) in [7, 11) is 0. The summed E-state index contributed by atoms with van der Waals surface area (Å²) in [4.78, 5) is 4.97. The maximum Gasteiger partial charge on any atom is 0.180 e. The second-order valence-electron chi connectivity index (χ2n) is 5.61. The first-order chi connectivity index (χ1) is 7.41. The average molecular weight is 240 g/mol. The van der Waals surface area contributed by atoms with Gasteiger partial charge in [0.15, 0.2) is 5.13 Å². The quantitative estimate of drug-likeness (QED) is 0.742. The minimum Gasteiger partial charge on any atom is -0.384 e. The molecule has 1 atom stereocenters. The topological polar surface area (TPSA) is 59.1 Å². The molecule has 3 nitrogen and oxygen atoms in total. The van der Waals surface area contributed by atoms with Crippen molar-refractivity contribution in [2.75, 3.05) is 5.73 Å². The molecule has 1 aliphatic rings. The van der Waals surface area contributed by atoms with Gasteiger partial charge in [-0.3, -0.25) is 0 Å². The number of aromatic nitrogens is 1. The van der Waals surface area contributed by atoms with Crippen LogP contribution in [0.2, 0.25) is 0 Å². The largest absolute Gasteiger partial charge is 0.384 e. The second kappa shape index (κ2) is 4.00. The third-order valence-electron chi connectivity index (χ3n) is 3.64. The summed E-state index contributed by atoms with van der Waals surface area (Å²) in [5, 5.41) is 11.2. The SMILES string of the molecule is CC1(C)CCCC(O)(c2cnc(N)s2)CC1. The molecule has 0 radical (unpaired) electrons. The second-order valence-corrected chi connectivity index (χ2v) is 6.67. The van der Waals surface area contributed by atoms with Crippen molar-refractivity contribution < 1.29 is 5.11 Å². The van der Waals surface area contributed by atoms with Gasteiger partial charge in [-0.15, -0.1) is 0 Å². The van der Waals surface area contributed by atoms with Crippen LogP contribution in [0, 0.1) is 5.41 Å². The average Bonchev–Trinajstić information content (AvgIpc) is 2.57. The van der Waals surface area contributed by atoms with Gasteiger partial charge in [0, 0.05) is 6.20 Å². The van der Waals surface area contributed by atoms with E-state index >= 15 is 0 Å². The van der Waals surface area contributed by atoms with Crippen molar-refractivity contribution in [3.05, 3.63) is 11.1 Å². The van der Waals surface area contributed by atoms with Gasteiger partial charge in [-0.2, -0.15) is 0 Å². The Morgan fingerprint density at radius 3 is 2.69 bits per heavy atom. The number of nitrogens with two attached hydrogens (primary N) is 1. The van der Waals surface area contributed by atoms with Gasteiger partial charge >= 0.3 is 0 Å². The van der Waals surface area contributed by atoms with Crippen LogP contribution < -0.4 is 5.73 Å². The van der Waals surface area contributed by atoms with Crippen molar-refractivity contribution in [3.8, 4) is 0 Å². The van der Waals surface area contributed by atoms with Gasteiger partial charge in [-0.1, -0.05) is 25.2 Å². The van der Waals surface area contributed by atoms with E-state index in [0.29, 0.717) is 10.5 Å². The van der Waals surface area contributed by atoms with E-state index in [-0.39, 0.29) is 0 Å². The van der Waals surface area contributed by atoms with Gasteiger partial charge in [0.05, 0.1) is 4.88 Å². The molecular formula is C12H20N2OS. The number of aliphatic hydroxyl groups is 1. The highest BCUT2D eigenvalue weighted by molar-refractivity contribution is 7.15. The zero-order valence-electron chi connectivity index (χ0n) is 9.99. The van der Waals surface area contributed by atoms with Crippen LogP contribution in [0.5, 0.6) is 0 Å². The molecule has 0 bridgehead atoms. The molecule has 3 N–H and O–H groups in total. The first-order valence-corrected chi connectivity index (χ1v) is 6.67. The van der Waals surface area contributed by atoms with E-state index in [2.05, 4.69) is 18.8 Å². The standard InChI is InChI=1S/C12H20N2OS/c1-11(2)4-3-5-12(15,7-6-11)9-8-14-10(13)16-9/h8,15H,3-7H2,1-2H3,(H2,13,14). The molecule has 16 heavy (non-hydrogen) atoms. The lowest BCUT2D eigenvalue weighted by Crippen LogP contribution is -2.24. The molecule has 0 saturated heterocycles. The van der Waals surface area contributed by atoms with Gasteiger partial charge in [-0.25, -0.2) is 4.98 Å². The van der Waals surface area contributed by atoms with E-state index in [9.17, 15) is 5.11 Å². The molecule has 1 heterocycles. The molecule has 4 heteroatoms. The zero-order chi connectivity index (χ0) is 11.8. The number of anilines is 1. The first kappa shape index (κ1) is 11.9. The molecule has 0 aliphatic heterocycles. The van der Waals surface area contributed by atoms with Crippen molar-refractivity contribution in [1.82, 2.24) is 4.98 Å². The Hall–Kier alpha value is -0.610. The van der Waals surface area contributed by atoms with Gasteiger partial charge in [0.2, 0.25) is 0 Å². The summed E-state index contributed by atoms with van der Waals surface area (Å²) in [5.74, 6) is 0. The number of hydrogen-bond acceptors (Lipinski definition) is 4. The molecular weight excluding hydrogens is 220 g/mol. The van der Waals surface area contributed by atoms with Crippen LogP contribution >= 0.6 is 11.3 Å². The number of nitrogen functional groups attached to an aromatic ring is 1. The van der Waals surface area contributed by atoms with Gasteiger partial charge < -0.3 is 10.8 Å². The van der Waals surface area contributed by atoms with Gasteiger partial charge in [0.25, 0.3) is 0 Å². The fourth-order valence-electron chi connectivity index (χ4n) is 2.40. The first-order valence-electron chi connectivity index (χ1n) is 5.86. The Morgan fingerprint density at radius 2 is 2.06 bits per heavy atom. The van der Waals surface area contributed by atoms with Gasteiger partial charge in [0.1, 0.15) is 5.60 Å². The highest BCUT2D eigenvalue weighted by Gasteiger charge is 2.36. The Morgan fingerprint density at radius 1 is 1.31 bits per heavy atom. The van der Waals surface area contributed by atoms with E-state index in [1.807, 2.05) is 0 Å². The van der Waals surface area contributed by atoms with E-state index in [1.165, 1.54) is 17.8 Å². The van der Waals surface area contributed by atoms with Crippen LogP contribution in [0.25, 0.3) is 0 Å². The van der Waals surface area contributed by atoms with Crippen LogP contribution in [-0.4, -0.2) is 10.1 Å². The molecule has 1 saturated carbocycles. The molecule has 0 amide bonds. The molecule has 1 aromatic heterocycles. The zero-order valence-corrected chi connectivity index (χ0v) is 10.8. The van der Waals surface area contributed by atoms with Crippen LogP contribution in [-0.2, 0) is 5.60 Å². The fourth-order valence-corrected chi connectivity index (χ4v) is 3.23. The Bertz CT molecular complexity index is 375. The van der Waals surface area contributed by atoms with Crippen LogP contribution in [0.1, 0.15) is 50.8 Å². The predicted octanol–water partition coefficient (Wildman–Crippen LogP) is 2.90. The molecule has 0 aromatic carbocycles. The summed E-state index contributed by atoms with van der Waals surface area (Å²) in [6, 6.07) is 0. The van der Waals surface area contributed by atoms with E-state index in [4.69, 9.17) is 5.73 Å². The minimum absolute atomic E-state index is 0.348. The predicted molar refractivity (Wildman–Crippen MR) is 67.3 cm³/mol. The third kappa shape index (κ3) is 2.38. The number of rotatable bonds is 1. The van der Waals surface area contributed by atoms with Crippen molar-refractivity contribution in [2.24, 2.45) is 5.41 Å². The van der Waals surface area contributed by atoms with E-state index in [1.54, 1.807) is 6.20 Å². The summed E-state index contributed by atoms with van der Waals surface area (Å²) in [6.07, 6.45) is 6.70. The fraction of sp³-hybridized carbons (Fsp3) is 0.750. The maximum atomic E-state index is 10.7. The molecule has 1 fully saturated rings. The summed E-state index contributed by atoms with van der Waals surface area (Å²) < 4.78 is 0. The molecule has 90 valence electrons. The van der Waals surface area contributed by atoms with E-state index in [0.717, 1.165) is 30.6 Å². The third-order valence-corrected chi connectivity index (χ3v) is 4.66. The molecule has 0 spiro atoms. The summed E-state index contributed by atoms with van der Waals surface area (Å²) in [6.45, 7) is 4.56. The normalized spacial score (nSPS) is 29.9. The highest BCUT2D eigenvalue weighted by atomic mass is 32.1. The molecule has 1 aliphatic carbocycles.